The topological polar surface area (TPSA) is 44.1 Å². The predicted octanol–water partition coefficient (Wildman–Crippen LogP) is 3.66. The minimum absolute atomic E-state index is 0.255. The van der Waals surface area contributed by atoms with Crippen molar-refractivity contribution in [2.24, 2.45) is 0 Å². The normalized spacial score (nSPS) is 10.5. The van der Waals surface area contributed by atoms with Gasteiger partial charge in [0, 0.05) is 10.7 Å². The van der Waals surface area contributed by atoms with E-state index in [1.807, 2.05) is 6.92 Å². The van der Waals surface area contributed by atoms with Gasteiger partial charge in [-0.1, -0.05) is 23.2 Å². The van der Waals surface area contributed by atoms with E-state index in [0.29, 0.717) is 22.3 Å². The Morgan fingerprint density at radius 1 is 1.37 bits per heavy atom. The maximum Gasteiger partial charge on any atom is 0.358 e. The van der Waals surface area contributed by atoms with Crippen LogP contribution < -0.4 is 0 Å². The third-order valence-electron chi connectivity index (χ3n) is 2.51. The Morgan fingerprint density at radius 2 is 2.11 bits per heavy atom. The molecule has 6 heteroatoms. The first kappa shape index (κ1) is 13.9. The summed E-state index contributed by atoms with van der Waals surface area (Å²) in [6.45, 7) is 3.89. The van der Waals surface area contributed by atoms with Crippen LogP contribution in [0.15, 0.2) is 24.3 Å². The average molecular weight is 299 g/mol. The highest BCUT2D eigenvalue weighted by molar-refractivity contribution is 6.35. The summed E-state index contributed by atoms with van der Waals surface area (Å²) >= 11 is 12.0. The van der Waals surface area contributed by atoms with Gasteiger partial charge in [-0.05, 0) is 38.1 Å². The molecule has 1 heterocycles. The van der Waals surface area contributed by atoms with Gasteiger partial charge in [-0.3, -0.25) is 0 Å². The monoisotopic (exact) mass is 298 g/mol. The minimum atomic E-state index is -0.450. The Kier molecular flexibility index (Phi) is 4.12. The third kappa shape index (κ3) is 2.91. The van der Waals surface area contributed by atoms with E-state index >= 15 is 0 Å². The number of carbonyl (C=O) groups excluding carboxylic acids is 1. The van der Waals surface area contributed by atoms with Gasteiger partial charge in [0.25, 0.3) is 0 Å². The van der Waals surface area contributed by atoms with Gasteiger partial charge in [0.05, 0.1) is 17.3 Å². The predicted molar refractivity (Wildman–Crippen MR) is 74.3 cm³/mol. The first-order valence-corrected chi connectivity index (χ1v) is 6.47. The van der Waals surface area contributed by atoms with Gasteiger partial charge in [-0.15, -0.1) is 0 Å². The molecule has 0 saturated heterocycles. The quantitative estimate of drug-likeness (QED) is 0.812. The summed E-state index contributed by atoms with van der Waals surface area (Å²) in [7, 11) is 0. The molecule has 0 radical (unpaired) electrons. The zero-order chi connectivity index (χ0) is 14.0. The zero-order valence-corrected chi connectivity index (χ0v) is 12.0. The second-order valence-electron chi connectivity index (χ2n) is 3.90. The molecule has 0 amide bonds. The van der Waals surface area contributed by atoms with Crippen LogP contribution in [0.4, 0.5) is 0 Å². The zero-order valence-electron chi connectivity index (χ0n) is 10.5. The van der Waals surface area contributed by atoms with Crippen molar-refractivity contribution >= 4 is 29.2 Å². The molecule has 1 aromatic carbocycles. The van der Waals surface area contributed by atoms with Gasteiger partial charge in [-0.25, -0.2) is 9.48 Å². The van der Waals surface area contributed by atoms with Crippen LogP contribution in [0.2, 0.25) is 10.0 Å². The summed E-state index contributed by atoms with van der Waals surface area (Å²) in [5, 5.41) is 5.22. The van der Waals surface area contributed by atoms with Gasteiger partial charge < -0.3 is 4.74 Å². The maximum atomic E-state index is 11.6. The number of carbonyl (C=O) groups is 1. The lowest BCUT2D eigenvalue weighted by Crippen LogP contribution is -2.07. The Bertz CT molecular complexity index is 623. The van der Waals surface area contributed by atoms with E-state index in [-0.39, 0.29) is 5.69 Å². The number of hydrogen-bond acceptors (Lipinski definition) is 3. The lowest BCUT2D eigenvalue weighted by molar-refractivity contribution is 0.0519. The molecule has 0 saturated carbocycles. The molecule has 0 aliphatic rings. The van der Waals surface area contributed by atoms with Crippen LogP contribution in [0.25, 0.3) is 5.69 Å². The molecule has 2 aromatic rings. The van der Waals surface area contributed by atoms with Gasteiger partial charge in [0.15, 0.2) is 5.69 Å². The first-order valence-electron chi connectivity index (χ1n) is 5.72. The number of halogens is 2. The summed E-state index contributed by atoms with van der Waals surface area (Å²) in [5.41, 5.74) is 1.71. The van der Waals surface area contributed by atoms with E-state index in [9.17, 15) is 4.79 Å². The molecule has 0 spiro atoms. The lowest BCUT2D eigenvalue weighted by Gasteiger charge is -2.06. The highest BCUT2D eigenvalue weighted by atomic mass is 35.5. The van der Waals surface area contributed by atoms with Gasteiger partial charge in [0.2, 0.25) is 0 Å². The van der Waals surface area contributed by atoms with E-state index in [0.717, 1.165) is 5.69 Å². The van der Waals surface area contributed by atoms with Gasteiger partial charge in [-0.2, -0.15) is 5.10 Å². The van der Waals surface area contributed by atoms with E-state index in [1.54, 1.807) is 35.9 Å². The second kappa shape index (κ2) is 5.63. The SMILES string of the molecule is CCOC(=O)c1cc(C)n(-c2ccc(Cl)cc2Cl)n1. The van der Waals surface area contributed by atoms with Crippen molar-refractivity contribution < 1.29 is 9.53 Å². The van der Waals surface area contributed by atoms with Crippen LogP contribution in [0.3, 0.4) is 0 Å². The fourth-order valence-electron chi connectivity index (χ4n) is 1.68. The Hall–Kier alpha value is -1.52. The summed E-state index contributed by atoms with van der Waals surface area (Å²) in [6.07, 6.45) is 0. The van der Waals surface area contributed by atoms with Crippen molar-refractivity contribution in [3.63, 3.8) is 0 Å². The first-order chi connectivity index (χ1) is 9.02. The van der Waals surface area contributed by atoms with E-state index in [4.69, 9.17) is 27.9 Å². The van der Waals surface area contributed by atoms with Crippen molar-refractivity contribution in [1.29, 1.82) is 0 Å². The van der Waals surface area contributed by atoms with Crippen LogP contribution in [0, 0.1) is 6.92 Å². The summed E-state index contributed by atoms with van der Waals surface area (Å²) < 4.78 is 6.50. The molecule has 0 unspecified atom stereocenters. The Balaban J connectivity index is 2.43. The molecule has 0 bridgehead atoms. The number of rotatable bonds is 3. The summed E-state index contributed by atoms with van der Waals surface area (Å²) in [4.78, 5) is 11.6. The number of aromatic nitrogens is 2. The maximum absolute atomic E-state index is 11.6. The summed E-state index contributed by atoms with van der Waals surface area (Å²) in [6, 6.07) is 6.75. The standard InChI is InChI=1S/C13H12Cl2N2O2/c1-3-19-13(18)11-6-8(2)17(16-11)12-5-4-9(14)7-10(12)15/h4-7H,3H2,1-2H3. The number of hydrogen-bond donors (Lipinski definition) is 0. The number of nitrogens with zero attached hydrogens (tertiary/aromatic N) is 2. The number of benzene rings is 1. The third-order valence-corrected chi connectivity index (χ3v) is 3.05. The van der Waals surface area contributed by atoms with Crippen molar-refractivity contribution in [3.8, 4) is 5.69 Å². The molecule has 2 rings (SSSR count). The Morgan fingerprint density at radius 3 is 2.74 bits per heavy atom. The second-order valence-corrected chi connectivity index (χ2v) is 4.74. The number of esters is 1. The fourth-order valence-corrected chi connectivity index (χ4v) is 2.16. The van der Waals surface area contributed by atoms with Crippen molar-refractivity contribution in [2.45, 2.75) is 13.8 Å². The molecule has 0 atom stereocenters. The number of ether oxygens (including phenoxy) is 1. The van der Waals surface area contributed by atoms with Gasteiger partial charge in [0.1, 0.15) is 0 Å². The smallest absolute Gasteiger partial charge is 0.358 e. The van der Waals surface area contributed by atoms with Gasteiger partial charge >= 0.3 is 5.97 Å². The molecule has 0 fully saturated rings. The van der Waals surface area contributed by atoms with Crippen molar-refractivity contribution in [2.75, 3.05) is 6.61 Å². The van der Waals surface area contributed by atoms with Crippen LogP contribution in [-0.2, 0) is 4.74 Å². The van der Waals surface area contributed by atoms with Crippen LogP contribution in [0.1, 0.15) is 23.1 Å². The van der Waals surface area contributed by atoms with Crippen LogP contribution in [0.5, 0.6) is 0 Å². The molecule has 100 valence electrons. The average Bonchev–Trinajstić information content (AvgIpc) is 2.72. The van der Waals surface area contributed by atoms with Crippen LogP contribution in [-0.4, -0.2) is 22.4 Å². The Labute approximate surface area is 120 Å². The largest absolute Gasteiger partial charge is 0.461 e. The highest BCUT2D eigenvalue weighted by Gasteiger charge is 2.15. The van der Waals surface area contributed by atoms with E-state index < -0.39 is 5.97 Å². The van der Waals surface area contributed by atoms with E-state index in [1.165, 1.54) is 0 Å². The molecule has 19 heavy (non-hydrogen) atoms. The summed E-state index contributed by atoms with van der Waals surface area (Å²) in [5.74, 6) is -0.450. The fraction of sp³-hybridized carbons (Fsp3) is 0.231. The van der Waals surface area contributed by atoms with E-state index in [2.05, 4.69) is 5.10 Å². The molecule has 4 nitrogen and oxygen atoms in total. The molecular weight excluding hydrogens is 287 g/mol. The highest BCUT2D eigenvalue weighted by Crippen LogP contribution is 2.25. The molecule has 0 N–H and O–H groups in total. The molecule has 1 aromatic heterocycles. The lowest BCUT2D eigenvalue weighted by atomic mass is 10.3. The van der Waals surface area contributed by atoms with Crippen LogP contribution >= 0.6 is 23.2 Å². The minimum Gasteiger partial charge on any atom is -0.461 e. The van der Waals surface area contributed by atoms with Crippen molar-refractivity contribution in [3.05, 3.63) is 45.7 Å². The number of aryl methyl sites for hydroxylation is 1. The molecule has 0 aliphatic heterocycles. The van der Waals surface area contributed by atoms with Crippen molar-refractivity contribution in [1.82, 2.24) is 9.78 Å². The molecular formula is C13H12Cl2N2O2. The molecule has 0 aliphatic carbocycles.